The van der Waals surface area contributed by atoms with Gasteiger partial charge in [-0.2, -0.15) is 0 Å². The number of aliphatic hydroxyl groups is 1. The van der Waals surface area contributed by atoms with Crippen molar-refractivity contribution in [3.8, 4) is 0 Å². The van der Waals surface area contributed by atoms with Gasteiger partial charge in [-0.3, -0.25) is 0 Å². The van der Waals surface area contributed by atoms with Crippen molar-refractivity contribution in [2.24, 2.45) is 5.41 Å². The van der Waals surface area contributed by atoms with E-state index in [1.807, 2.05) is 19.1 Å². The minimum absolute atomic E-state index is 0.163. The lowest BCUT2D eigenvalue weighted by molar-refractivity contribution is 0.253. The average Bonchev–Trinajstić information content (AvgIpc) is 3.17. The molecular weight excluding hydrogens is 274 g/mol. The second-order valence-corrected chi connectivity index (χ2v) is 7.72. The maximum absolute atomic E-state index is 12.2. The molecular formula is C15H23NO3S. The van der Waals surface area contributed by atoms with Gasteiger partial charge in [0.2, 0.25) is 0 Å². The average molecular weight is 297 g/mol. The van der Waals surface area contributed by atoms with Crippen molar-refractivity contribution in [2.45, 2.75) is 37.5 Å². The van der Waals surface area contributed by atoms with Gasteiger partial charge >= 0.3 is 0 Å². The lowest BCUT2D eigenvalue weighted by atomic mass is 10.0. The van der Waals surface area contributed by atoms with E-state index in [0.29, 0.717) is 17.0 Å². The summed E-state index contributed by atoms with van der Waals surface area (Å²) < 4.78 is 24.5. The zero-order chi connectivity index (χ0) is 14.6. The third-order valence-corrected chi connectivity index (χ3v) is 5.92. The van der Waals surface area contributed by atoms with Crippen LogP contribution in [0, 0.1) is 5.41 Å². The van der Waals surface area contributed by atoms with Crippen LogP contribution in [0.3, 0.4) is 0 Å². The van der Waals surface area contributed by atoms with Gasteiger partial charge < -0.3 is 10.4 Å². The van der Waals surface area contributed by atoms with E-state index in [4.69, 9.17) is 5.11 Å². The van der Waals surface area contributed by atoms with Gasteiger partial charge in [-0.25, -0.2) is 8.42 Å². The molecule has 5 heteroatoms. The van der Waals surface area contributed by atoms with Gasteiger partial charge in [-0.05, 0) is 43.2 Å². The first-order valence-electron chi connectivity index (χ1n) is 7.19. The molecule has 2 N–H and O–H groups in total. The highest BCUT2D eigenvalue weighted by molar-refractivity contribution is 7.91. The molecule has 0 spiro atoms. The summed E-state index contributed by atoms with van der Waals surface area (Å²) in [5.74, 6) is 0.174. The molecule has 2 rings (SSSR count). The minimum Gasteiger partial charge on any atom is -0.396 e. The Morgan fingerprint density at radius 2 is 2.00 bits per heavy atom. The first-order chi connectivity index (χ1) is 9.53. The van der Waals surface area contributed by atoms with E-state index in [9.17, 15) is 8.42 Å². The number of aliphatic hydroxyl groups excluding tert-OH is 1. The standard InChI is InChI=1S/C15H23NO3S/c1-2-11-20(18,19)14-6-4-3-5-13(14)16-12-15(7-8-15)9-10-17/h3-6,16-17H,2,7-12H2,1H3. The summed E-state index contributed by atoms with van der Waals surface area (Å²) in [6, 6.07) is 7.09. The largest absolute Gasteiger partial charge is 0.396 e. The quantitative estimate of drug-likeness (QED) is 0.773. The minimum atomic E-state index is -3.21. The molecule has 1 aromatic rings. The Morgan fingerprint density at radius 3 is 2.60 bits per heavy atom. The van der Waals surface area contributed by atoms with Crippen molar-refractivity contribution in [3.63, 3.8) is 0 Å². The molecule has 0 radical (unpaired) electrons. The Morgan fingerprint density at radius 1 is 1.30 bits per heavy atom. The molecule has 1 aliphatic rings. The summed E-state index contributed by atoms with van der Waals surface area (Å²) in [6.45, 7) is 2.79. The van der Waals surface area contributed by atoms with Gasteiger partial charge in [0.05, 0.1) is 16.3 Å². The number of anilines is 1. The highest BCUT2D eigenvalue weighted by Crippen LogP contribution is 2.48. The first-order valence-corrected chi connectivity index (χ1v) is 8.85. The van der Waals surface area contributed by atoms with E-state index in [2.05, 4.69) is 5.32 Å². The van der Waals surface area contributed by atoms with Crippen molar-refractivity contribution >= 4 is 15.5 Å². The van der Waals surface area contributed by atoms with Crippen LogP contribution in [0.5, 0.6) is 0 Å². The summed E-state index contributed by atoms with van der Waals surface area (Å²) in [7, 11) is -3.21. The van der Waals surface area contributed by atoms with Gasteiger partial charge in [0.1, 0.15) is 0 Å². The smallest absolute Gasteiger partial charge is 0.180 e. The van der Waals surface area contributed by atoms with Crippen LogP contribution in [0.4, 0.5) is 5.69 Å². The van der Waals surface area contributed by atoms with Crippen LogP contribution >= 0.6 is 0 Å². The molecule has 1 aromatic carbocycles. The third kappa shape index (κ3) is 3.52. The Labute approximate surface area is 121 Å². The monoisotopic (exact) mass is 297 g/mol. The van der Waals surface area contributed by atoms with Crippen LogP contribution in [0.1, 0.15) is 32.6 Å². The van der Waals surface area contributed by atoms with Gasteiger partial charge in [0.25, 0.3) is 0 Å². The normalized spacial score (nSPS) is 16.9. The van der Waals surface area contributed by atoms with Crippen molar-refractivity contribution < 1.29 is 13.5 Å². The second-order valence-electron chi connectivity index (χ2n) is 5.64. The molecule has 112 valence electrons. The van der Waals surface area contributed by atoms with Gasteiger partial charge in [-0.15, -0.1) is 0 Å². The molecule has 0 heterocycles. The Kier molecular flexibility index (Phi) is 4.70. The number of nitrogens with one attached hydrogen (secondary N) is 1. The van der Waals surface area contributed by atoms with Crippen LogP contribution in [-0.4, -0.2) is 32.4 Å². The predicted octanol–water partition coefficient (Wildman–Crippen LogP) is 2.44. The number of rotatable bonds is 8. The fourth-order valence-electron chi connectivity index (χ4n) is 2.47. The Balaban J connectivity index is 2.13. The fraction of sp³-hybridized carbons (Fsp3) is 0.600. The molecule has 1 saturated carbocycles. The first kappa shape index (κ1) is 15.3. The Hall–Kier alpha value is -1.07. The zero-order valence-electron chi connectivity index (χ0n) is 11.9. The zero-order valence-corrected chi connectivity index (χ0v) is 12.7. The fourth-order valence-corrected chi connectivity index (χ4v) is 3.99. The van der Waals surface area contributed by atoms with Gasteiger partial charge in [0.15, 0.2) is 9.84 Å². The Bertz CT molecular complexity index is 550. The summed E-state index contributed by atoms with van der Waals surface area (Å²) >= 11 is 0. The highest BCUT2D eigenvalue weighted by Gasteiger charge is 2.41. The van der Waals surface area contributed by atoms with Crippen LogP contribution in [0.15, 0.2) is 29.2 Å². The topological polar surface area (TPSA) is 66.4 Å². The second kappa shape index (κ2) is 6.14. The van der Waals surface area contributed by atoms with Crippen LogP contribution in [0.2, 0.25) is 0 Å². The molecule has 0 saturated heterocycles. The molecule has 0 bridgehead atoms. The van der Waals surface area contributed by atoms with E-state index < -0.39 is 9.84 Å². The number of hydrogen-bond donors (Lipinski definition) is 2. The lowest BCUT2D eigenvalue weighted by Crippen LogP contribution is -2.18. The number of benzene rings is 1. The highest BCUT2D eigenvalue weighted by atomic mass is 32.2. The number of para-hydroxylation sites is 1. The number of hydrogen-bond acceptors (Lipinski definition) is 4. The van der Waals surface area contributed by atoms with E-state index in [-0.39, 0.29) is 17.8 Å². The molecule has 1 fully saturated rings. The summed E-state index contributed by atoms with van der Waals surface area (Å²) in [4.78, 5) is 0.390. The maximum Gasteiger partial charge on any atom is 0.180 e. The molecule has 0 atom stereocenters. The maximum atomic E-state index is 12.2. The van der Waals surface area contributed by atoms with Gasteiger partial charge in [-0.1, -0.05) is 19.1 Å². The van der Waals surface area contributed by atoms with Crippen LogP contribution in [0.25, 0.3) is 0 Å². The van der Waals surface area contributed by atoms with Crippen molar-refractivity contribution in [1.29, 1.82) is 0 Å². The lowest BCUT2D eigenvalue weighted by Gasteiger charge is -2.17. The molecule has 0 aromatic heterocycles. The van der Waals surface area contributed by atoms with Crippen LogP contribution in [-0.2, 0) is 9.84 Å². The molecule has 4 nitrogen and oxygen atoms in total. The van der Waals surface area contributed by atoms with E-state index >= 15 is 0 Å². The van der Waals surface area contributed by atoms with Crippen molar-refractivity contribution in [2.75, 3.05) is 24.2 Å². The summed E-state index contributed by atoms with van der Waals surface area (Å²) in [5, 5.41) is 12.3. The third-order valence-electron chi connectivity index (χ3n) is 3.95. The predicted molar refractivity (Wildman–Crippen MR) is 80.6 cm³/mol. The summed E-state index contributed by atoms with van der Waals surface area (Å²) in [5.41, 5.74) is 0.848. The molecule has 20 heavy (non-hydrogen) atoms. The molecule has 0 amide bonds. The number of sulfone groups is 1. The van der Waals surface area contributed by atoms with E-state index in [1.54, 1.807) is 12.1 Å². The molecule has 0 unspecified atom stereocenters. The molecule has 0 aliphatic heterocycles. The van der Waals surface area contributed by atoms with Crippen LogP contribution < -0.4 is 5.32 Å². The summed E-state index contributed by atoms with van der Waals surface area (Å²) in [6.07, 6.45) is 3.60. The van der Waals surface area contributed by atoms with E-state index in [1.165, 1.54) is 0 Å². The van der Waals surface area contributed by atoms with Gasteiger partial charge in [0, 0.05) is 13.2 Å². The SMILES string of the molecule is CCCS(=O)(=O)c1ccccc1NCC1(CCO)CC1. The van der Waals surface area contributed by atoms with Crippen molar-refractivity contribution in [1.82, 2.24) is 0 Å². The molecule has 1 aliphatic carbocycles. The van der Waals surface area contributed by atoms with Crippen molar-refractivity contribution in [3.05, 3.63) is 24.3 Å². The van der Waals surface area contributed by atoms with E-state index in [0.717, 1.165) is 25.8 Å².